The van der Waals surface area contributed by atoms with E-state index in [0.29, 0.717) is 5.92 Å². The van der Waals surface area contributed by atoms with Crippen molar-refractivity contribution in [3.8, 4) is 0 Å². The molecule has 0 rings (SSSR count). The van der Waals surface area contributed by atoms with Gasteiger partial charge in [-0.15, -0.1) is 0 Å². The van der Waals surface area contributed by atoms with Gasteiger partial charge >= 0.3 is 0 Å². The zero-order valence-electron chi connectivity index (χ0n) is 7.82. The van der Waals surface area contributed by atoms with E-state index in [1.165, 1.54) is 0 Å². The van der Waals surface area contributed by atoms with Crippen molar-refractivity contribution in [2.24, 2.45) is 5.92 Å². The molecule has 0 unspecified atom stereocenters. The molecular formula is C10H17F. The molecule has 0 aliphatic carbocycles. The van der Waals surface area contributed by atoms with Crippen LogP contribution < -0.4 is 0 Å². The van der Waals surface area contributed by atoms with Gasteiger partial charge in [-0.1, -0.05) is 26.8 Å². The van der Waals surface area contributed by atoms with Crippen molar-refractivity contribution in [1.82, 2.24) is 0 Å². The summed E-state index contributed by atoms with van der Waals surface area (Å²) in [5.74, 6) is 0.339. The van der Waals surface area contributed by atoms with Crippen LogP contribution in [0.15, 0.2) is 23.6 Å². The van der Waals surface area contributed by atoms with E-state index in [-0.39, 0.29) is 5.83 Å². The van der Waals surface area contributed by atoms with Gasteiger partial charge < -0.3 is 0 Å². The van der Waals surface area contributed by atoms with Gasteiger partial charge in [0.1, 0.15) is 5.83 Å². The zero-order valence-corrected chi connectivity index (χ0v) is 7.82. The van der Waals surface area contributed by atoms with Crippen molar-refractivity contribution in [2.75, 3.05) is 0 Å². The standard InChI is InChI=1S/C10H17F/c1-5-9(4)10(11)7-6-8(2)3/h6-8H,5H2,1-4H3/b7-6-,10-9+. The summed E-state index contributed by atoms with van der Waals surface area (Å²) < 4.78 is 12.9. The van der Waals surface area contributed by atoms with Crippen molar-refractivity contribution in [1.29, 1.82) is 0 Å². The Kier molecular flexibility index (Phi) is 4.84. The molecule has 0 fully saturated rings. The Balaban J connectivity index is 4.15. The first-order chi connectivity index (χ1) is 5.07. The smallest absolute Gasteiger partial charge is 0.121 e. The molecule has 0 radical (unpaired) electrons. The van der Waals surface area contributed by atoms with Crippen molar-refractivity contribution in [3.63, 3.8) is 0 Å². The third-order valence-corrected chi connectivity index (χ3v) is 1.57. The molecule has 64 valence electrons. The molecule has 0 saturated heterocycles. The number of rotatable bonds is 3. The van der Waals surface area contributed by atoms with Crippen LogP contribution in [0, 0.1) is 5.92 Å². The lowest BCUT2D eigenvalue weighted by Gasteiger charge is -1.96. The lowest BCUT2D eigenvalue weighted by molar-refractivity contribution is 0.645. The van der Waals surface area contributed by atoms with E-state index < -0.39 is 0 Å². The lowest BCUT2D eigenvalue weighted by Crippen LogP contribution is -1.80. The van der Waals surface area contributed by atoms with Crippen LogP contribution in [0.2, 0.25) is 0 Å². The van der Waals surface area contributed by atoms with E-state index in [9.17, 15) is 4.39 Å². The van der Waals surface area contributed by atoms with Crippen LogP contribution in [0.25, 0.3) is 0 Å². The molecule has 11 heavy (non-hydrogen) atoms. The van der Waals surface area contributed by atoms with Gasteiger partial charge in [-0.2, -0.15) is 0 Å². The molecule has 0 aliphatic rings. The highest BCUT2D eigenvalue weighted by atomic mass is 19.1. The van der Waals surface area contributed by atoms with Gasteiger partial charge in [0.15, 0.2) is 0 Å². The molecule has 0 spiro atoms. The Morgan fingerprint density at radius 2 is 2.00 bits per heavy atom. The monoisotopic (exact) mass is 156 g/mol. The molecule has 0 bridgehead atoms. The molecule has 0 aromatic rings. The van der Waals surface area contributed by atoms with Crippen molar-refractivity contribution >= 4 is 0 Å². The summed E-state index contributed by atoms with van der Waals surface area (Å²) in [6.07, 6.45) is 4.21. The van der Waals surface area contributed by atoms with Gasteiger partial charge in [0.25, 0.3) is 0 Å². The fraction of sp³-hybridized carbons (Fsp3) is 0.600. The van der Waals surface area contributed by atoms with Crippen LogP contribution in [0.5, 0.6) is 0 Å². The molecule has 0 aliphatic heterocycles. The van der Waals surface area contributed by atoms with Gasteiger partial charge in [-0.05, 0) is 30.9 Å². The Hall–Kier alpha value is -0.590. The third-order valence-electron chi connectivity index (χ3n) is 1.57. The molecule has 0 aromatic carbocycles. The summed E-state index contributed by atoms with van der Waals surface area (Å²) in [4.78, 5) is 0. The summed E-state index contributed by atoms with van der Waals surface area (Å²) in [7, 11) is 0. The van der Waals surface area contributed by atoms with E-state index in [0.717, 1.165) is 12.0 Å². The summed E-state index contributed by atoms with van der Waals surface area (Å²) in [5, 5.41) is 0. The molecule has 0 atom stereocenters. The molecule has 0 N–H and O–H groups in total. The van der Waals surface area contributed by atoms with E-state index in [1.807, 2.05) is 33.8 Å². The van der Waals surface area contributed by atoms with Gasteiger partial charge in [-0.25, -0.2) is 4.39 Å². The quantitative estimate of drug-likeness (QED) is 0.544. The highest BCUT2D eigenvalue weighted by molar-refractivity contribution is 5.17. The van der Waals surface area contributed by atoms with Gasteiger partial charge in [-0.3, -0.25) is 0 Å². The van der Waals surface area contributed by atoms with Crippen molar-refractivity contribution in [3.05, 3.63) is 23.6 Å². The van der Waals surface area contributed by atoms with Gasteiger partial charge in [0.05, 0.1) is 0 Å². The van der Waals surface area contributed by atoms with Crippen LogP contribution in [0.4, 0.5) is 4.39 Å². The minimum absolute atomic E-state index is 0.0822. The molecule has 0 amide bonds. The Bertz CT molecular complexity index is 164. The SMILES string of the molecule is CC/C(C)=C(F)\C=C/C(C)C. The predicted molar refractivity (Wildman–Crippen MR) is 48.1 cm³/mol. The number of halogens is 1. The van der Waals surface area contributed by atoms with Crippen LogP contribution in [0.3, 0.4) is 0 Å². The molecule has 0 heterocycles. The van der Waals surface area contributed by atoms with Crippen LogP contribution >= 0.6 is 0 Å². The number of allylic oxidation sites excluding steroid dienone is 4. The average Bonchev–Trinajstić information content (AvgIpc) is 1.98. The molecule has 0 saturated carbocycles. The summed E-state index contributed by atoms with van der Waals surface area (Å²) in [5.41, 5.74) is 0.821. The third kappa shape index (κ3) is 4.77. The normalized spacial score (nSPS) is 14.4. The minimum Gasteiger partial charge on any atom is -0.207 e. The maximum absolute atomic E-state index is 12.9. The van der Waals surface area contributed by atoms with E-state index >= 15 is 0 Å². The van der Waals surface area contributed by atoms with Gasteiger partial charge in [0.2, 0.25) is 0 Å². The lowest BCUT2D eigenvalue weighted by atomic mass is 10.1. The number of hydrogen-bond donors (Lipinski definition) is 0. The Morgan fingerprint density at radius 1 is 1.45 bits per heavy atom. The predicted octanol–water partition coefficient (Wildman–Crippen LogP) is 3.85. The Labute approximate surface area is 68.8 Å². The second-order valence-electron chi connectivity index (χ2n) is 3.08. The first-order valence-electron chi connectivity index (χ1n) is 4.11. The minimum atomic E-state index is -0.0822. The van der Waals surface area contributed by atoms with E-state index in [4.69, 9.17) is 0 Å². The second kappa shape index (κ2) is 5.11. The summed E-state index contributed by atoms with van der Waals surface area (Å²) in [6.45, 7) is 7.84. The Morgan fingerprint density at radius 3 is 2.36 bits per heavy atom. The highest BCUT2D eigenvalue weighted by Gasteiger charge is 1.94. The topological polar surface area (TPSA) is 0 Å². The van der Waals surface area contributed by atoms with Crippen LogP contribution in [0.1, 0.15) is 34.1 Å². The van der Waals surface area contributed by atoms with Crippen LogP contribution in [-0.2, 0) is 0 Å². The highest BCUT2D eigenvalue weighted by Crippen LogP contribution is 2.11. The fourth-order valence-electron chi connectivity index (χ4n) is 0.588. The van der Waals surface area contributed by atoms with Crippen LogP contribution in [-0.4, -0.2) is 0 Å². The molecule has 0 aromatic heterocycles. The van der Waals surface area contributed by atoms with E-state index in [1.54, 1.807) is 6.08 Å². The zero-order chi connectivity index (χ0) is 8.85. The molecule has 0 nitrogen and oxygen atoms in total. The van der Waals surface area contributed by atoms with E-state index in [2.05, 4.69) is 0 Å². The summed E-state index contributed by atoms with van der Waals surface area (Å²) in [6, 6.07) is 0. The second-order valence-corrected chi connectivity index (χ2v) is 3.08. The van der Waals surface area contributed by atoms with Crippen molar-refractivity contribution in [2.45, 2.75) is 34.1 Å². The number of hydrogen-bond acceptors (Lipinski definition) is 0. The van der Waals surface area contributed by atoms with Gasteiger partial charge in [0, 0.05) is 0 Å². The molecular weight excluding hydrogens is 139 g/mol. The maximum Gasteiger partial charge on any atom is 0.121 e. The average molecular weight is 156 g/mol. The maximum atomic E-state index is 12.9. The first kappa shape index (κ1) is 10.4. The first-order valence-corrected chi connectivity index (χ1v) is 4.11. The fourth-order valence-corrected chi connectivity index (χ4v) is 0.588. The molecule has 1 heteroatoms. The summed E-state index contributed by atoms with van der Waals surface area (Å²) >= 11 is 0. The largest absolute Gasteiger partial charge is 0.207 e. The van der Waals surface area contributed by atoms with Crippen molar-refractivity contribution < 1.29 is 4.39 Å².